The fraction of sp³-hybridized carbons (Fsp3) is 0.0526. The Kier molecular flexibility index (Phi) is 4.13. The van der Waals surface area contributed by atoms with E-state index < -0.39 is 11.7 Å². The van der Waals surface area contributed by atoms with Crippen LogP contribution >= 0.6 is 0 Å². The number of nitrogens with zero attached hydrogens (tertiary/aromatic N) is 5. The summed E-state index contributed by atoms with van der Waals surface area (Å²) >= 11 is 0. The summed E-state index contributed by atoms with van der Waals surface area (Å²) in [5.41, 5.74) is 3.62. The number of fused-ring (bicyclic) bond motifs is 1. The van der Waals surface area contributed by atoms with Gasteiger partial charge in [0.25, 0.3) is 5.91 Å². The summed E-state index contributed by atoms with van der Waals surface area (Å²) in [4.78, 5) is 26.5. The first kappa shape index (κ1) is 16.5. The van der Waals surface area contributed by atoms with Gasteiger partial charge < -0.3 is 5.32 Å². The second-order valence-electron chi connectivity index (χ2n) is 5.84. The van der Waals surface area contributed by atoms with Crippen LogP contribution in [0.25, 0.3) is 28.3 Å². The molecular weight excluding hydrogens is 344 g/mol. The number of hydrogen-bond acceptors (Lipinski definition) is 6. The topological polar surface area (TPSA) is 102 Å². The summed E-state index contributed by atoms with van der Waals surface area (Å²) in [6.45, 7) is 1.22. The molecule has 4 aromatic rings. The third-order valence-electron chi connectivity index (χ3n) is 3.96. The van der Waals surface area contributed by atoms with Gasteiger partial charge in [-0.15, -0.1) is 10.2 Å². The van der Waals surface area contributed by atoms with E-state index in [0.29, 0.717) is 17.2 Å². The number of pyridine rings is 1. The van der Waals surface area contributed by atoms with E-state index in [0.717, 1.165) is 16.8 Å². The highest BCUT2D eigenvalue weighted by atomic mass is 16.2. The van der Waals surface area contributed by atoms with E-state index in [1.165, 1.54) is 6.92 Å². The minimum atomic E-state index is -0.645. The largest absolute Gasteiger partial charge is 0.319 e. The number of anilines is 1. The number of benzene rings is 1. The van der Waals surface area contributed by atoms with Crippen LogP contribution in [0.4, 0.5) is 5.69 Å². The zero-order valence-electron chi connectivity index (χ0n) is 14.3. The first-order chi connectivity index (χ1) is 13.1. The summed E-state index contributed by atoms with van der Waals surface area (Å²) in [6.07, 6.45) is 3.38. The molecule has 1 amide bonds. The van der Waals surface area contributed by atoms with E-state index >= 15 is 0 Å². The van der Waals surface area contributed by atoms with Gasteiger partial charge in [0, 0.05) is 36.1 Å². The molecule has 132 valence electrons. The van der Waals surface area contributed by atoms with Crippen LogP contribution in [0.2, 0.25) is 0 Å². The molecule has 0 unspecified atom stereocenters. The Balaban J connectivity index is 1.68. The Morgan fingerprint density at radius 2 is 1.63 bits per heavy atom. The quantitative estimate of drug-likeness (QED) is 0.562. The summed E-state index contributed by atoms with van der Waals surface area (Å²) in [6, 6.07) is 14.5. The molecule has 4 rings (SSSR count). The van der Waals surface area contributed by atoms with Crippen molar-refractivity contribution in [2.45, 2.75) is 6.92 Å². The van der Waals surface area contributed by atoms with Gasteiger partial charge in [-0.3, -0.25) is 14.6 Å². The molecule has 0 atom stereocenters. The Hall–Kier alpha value is -3.94. The van der Waals surface area contributed by atoms with Gasteiger partial charge in [0.05, 0.1) is 5.69 Å². The number of ketones is 1. The maximum atomic E-state index is 11.5. The standard InChI is InChI=1S/C19H14N6O2/c1-12(26)19(27)21-15-4-2-13(3-5-15)16-6-7-17-22-23-18(25(17)24-16)14-8-10-20-11-9-14/h2-11H,1H3,(H,21,27). The molecule has 3 heterocycles. The van der Waals surface area contributed by atoms with Crippen molar-refractivity contribution in [1.82, 2.24) is 24.8 Å². The van der Waals surface area contributed by atoms with Gasteiger partial charge in [-0.1, -0.05) is 12.1 Å². The number of Topliss-reactive ketones (excluding diaryl/α,β-unsaturated/α-hetero) is 1. The molecule has 1 N–H and O–H groups in total. The molecule has 8 nitrogen and oxygen atoms in total. The van der Waals surface area contributed by atoms with Crippen molar-refractivity contribution in [2.24, 2.45) is 0 Å². The molecule has 0 radical (unpaired) electrons. The molecule has 0 saturated carbocycles. The van der Waals surface area contributed by atoms with E-state index in [4.69, 9.17) is 0 Å². The Morgan fingerprint density at radius 1 is 0.889 bits per heavy atom. The van der Waals surface area contributed by atoms with Crippen molar-refractivity contribution in [3.8, 4) is 22.6 Å². The minimum absolute atomic E-state index is 0.539. The lowest BCUT2D eigenvalue weighted by Crippen LogP contribution is -2.19. The van der Waals surface area contributed by atoms with Gasteiger partial charge in [0.15, 0.2) is 11.5 Å². The Morgan fingerprint density at radius 3 is 2.33 bits per heavy atom. The number of aromatic nitrogens is 5. The zero-order valence-corrected chi connectivity index (χ0v) is 14.3. The number of carbonyl (C=O) groups is 2. The minimum Gasteiger partial charge on any atom is -0.319 e. The average molecular weight is 358 g/mol. The molecule has 0 aliphatic carbocycles. The third-order valence-corrected chi connectivity index (χ3v) is 3.96. The van der Waals surface area contributed by atoms with E-state index in [1.807, 2.05) is 36.4 Å². The molecule has 8 heteroatoms. The van der Waals surface area contributed by atoms with Gasteiger partial charge in [-0.25, -0.2) is 0 Å². The van der Waals surface area contributed by atoms with Crippen LogP contribution in [0.3, 0.4) is 0 Å². The first-order valence-electron chi connectivity index (χ1n) is 8.17. The number of nitrogens with one attached hydrogen (secondary N) is 1. The fourth-order valence-electron chi connectivity index (χ4n) is 2.57. The molecular formula is C19H14N6O2. The lowest BCUT2D eigenvalue weighted by molar-refractivity contribution is -0.133. The highest BCUT2D eigenvalue weighted by Crippen LogP contribution is 2.22. The summed E-state index contributed by atoms with van der Waals surface area (Å²) in [7, 11) is 0. The van der Waals surface area contributed by atoms with Crippen LogP contribution in [-0.4, -0.2) is 36.5 Å². The second-order valence-corrected chi connectivity index (χ2v) is 5.84. The van der Waals surface area contributed by atoms with Crippen LogP contribution < -0.4 is 5.32 Å². The highest BCUT2D eigenvalue weighted by molar-refractivity contribution is 6.39. The Bertz CT molecular complexity index is 1140. The Labute approximate surface area is 153 Å². The van der Waals surface area contributed by atoms with Crippen LogP contribution in [0.1, 0.15) is 6.92 Å². The molecule has 1 aromatic carbocycles. The number of rotatable bonds is 4. The number of carbonyl (C=O) groups excluding carboxylic acids is 2. The maximum Gasteiger partial charge on any atom is 0.291 e. The normalized spacial score (nSPS) is 10.7. The first-order valence-corrected chi connectivity index (χ1v) is 8.17. The molecule has 0 aliphatic rings. The molecule has 0 bridgehead atoms. The fourth-order valence-corrected chi connectivity index (χ4v) is 2.57. The van der Waals surface area contributed by atoms with Crippen molar-refractivity contribution < 1.29 is 9.59 Å². The number of amides is 1. The second kappa shape index (κ2) is 6.75. The van der Waals surface area contributed by atoms with E-state index in [1.54, 1.807) is 29.0 Å². The SMILES string of the molecule is CC(=O)C(=O)Nc1ccc(-c2ccc3nnc(-c4ccncc4)n3n2)cc1. The molecule has 0 spiro atoms. The predicted molar refractivity (Wildman–Crippen MR) is 98.8 cm³/mol. The van der Waals surface area contributed by atoms with Crippen LogP contribution in [0.5, 0.6) is 0 Å². The lowest BCUT2D eigenvalue weighted by Gasteiger charge is -2.06. The van der Waals surface area contributed by atoms with Crippen molar-refractivity contribution in [3.05, 3.63) is 60.9 Å². The lowest BCUT2D eigenvalue weighted by atomic mass is 10.1. The number of hydrogen-bond donors (Lipinski definition) is 1. The highest BCUT2D eigenvalue weighted by Gasteiger charge is 2.11. The van der Waals surface area contributed by atoms with E-state index in [-0.39, 0.29) is 0 Å². The summed E-state index contributed by atoms with van der Waals surface area (Å²) < 4.78 is 1.68. The van der Waals surface area contributed by atoms with Crippen LogP contribution in [-0.2, 0) is 9.59 Å². The van der Waals surface area contributed by atoms with Crippen molar-refractivity contribution in [1.29, 1.82) is 0 Å². The van der Waals surface area contributed by atoms with Gasteiger partial charge in [-0.05, 0) is 36.4 Å². The average Bonchev–Trinajstić information content (AvgIpc) is 3.12. The molecule has 3 aromatic heterocycles. The molecule has 0 saturated heterocycles. The van der Waals surface area contributed by atoms with Gasteiger partial charge in [-0.2, -0.15) is 9.61 Å². The molecule has 27 heavy (non-hydrogen) atoms. The van der Waals surface area contributed by atoms with Gasteiger partial charge in [0.1, 0.15) is 0 Å². The van der Waals surface area contributed by atoms with Crippen molar-refractivity contribution >= 4 is 23.0 Å². The summed E-state index contributed by atoms with van der Waals surface area (Å²) in [5.74, 6) is -0.559. The van der Waals surface area contributed by atoms with Crippen LogP contribution in [0, 0.1) is 0 Å². The summed E-state index contributed by atoms with van der Waals surface area (Å²) in [5, 5.41) is 15.5. The molecule has 0 aliphatic heterocycles. The molecule has 0 fully saturated rings. The predicted octanol–water partition coefficient (Wildman–Crippen LogP) is 2.38. The maximum absolute atomic E-state index is 11.5. The van der Waals surface area contributed by atoms with E-state index in [2.05, 4.69) is 25.6 Å². The van der Waals surface area contributed by atoms with E-state index in [9.17, 15) is 9.59 Å². The van der Waals surface area contributed by atoms with Crippen molar-refractivity contribution in [3.63, 3.8) is 0 Å². The van der Waals surface area contributed by atoms with Gasteiger partial charge >= 0.3 is 0 Å². The monoisotopic (exact) mass is 358 g/mol. The van der Waals surface area contributed by atoms with Gasteiger partial charge in [0.2, 0.25) is 5.78 Å². The van der Waals surface area contributed by atoms with Crippen molar-refractivity contribution in [2.75, 3.05) is 5.32 Å². The third kappa shape index (κ3) is 3.28. The zero-order chi connectivity index (χ0) is 18.8. The van der Waals surface area contributed by atoms with Crippen LogP contribution in [0.15, 0.2) is 60.9 Å². The smallest absolute Gasteiger partial charge is 0.291 e.